The van der Waals surface area contributed by atoms with E-state index in [0.29, 0.717) is 6.42 Å². The van der Waals surface area contributed by atoms with Crippen LogP contribution >= 0.6 is 0 Å². The molecular formula is C15H18O3S. The van der Waals surface area contributed by atoms with E-state index in [0.717, 1.165) is 10.5 Å². The molecule has 102 valence electrons. The van der Waals surface area contributed by atoms with Gasteiger partial charge < -0.3 is 9.66 Å². The summed E-state index contributed by atoms with van der Waals surface area (Å²) in [4.78, 5) is 11.8. The van der Waals surface area contributed by atoms with Gasteiger partial charge in [-0.25, -0.2) is 0 Å². The molecule has 4 heteroatoms. The lowest BCUT2D eigenvalue weighted by Crippen LogP contribution is -2.18. The molecule has 0 spiro atoms. The van der Waals surface area contributed by atoms with E-state index in [1.807, 2.05) is 13.8 Å². The van der Waals surface area contributed by atoms with Crippen LogP contribution in [0.3, 0.4) is 0 Å². The van der Waals surface area contributed by atoms with Crippen molar-refractivity contribution in [2.75, 3.05) is 6.26 Å². The van der Waals surface area contributed by atoms with Crippen molar-refractivity contribution in [3.63, 3.8) is 0 Å². The number of hydrogen-bond donors (Lipinski definition) is 1. The summed E-state index contributed by atoms with van der Waals surface area (Å²) in [6, 6.07) is 7.15. The molecule has 1 aromatic rings. The summed E-state index contributed by atoms with van der Waals surface area (Å²) in [7, 11) is 0. The molecule has 2 atom stereocenters. The van der Waals surface area contributed by atoms with Crippen LogP contribution < -0.4 is 0 Å². The Hall–Kier alpha value is -1.44. The Balaban J connectivity index is 2.70. The van der Waals surface area contributed by atoms with Crippen molar-refractivity contribution >= 4 is 17.1 Å². The van der Waals surface area contributed by atoms with E-state index in [1.165, 1.54) is 0 Å². The van der Waals surface area contributed by atoms with Crippen LogP contribution in [-0.4, -0.2) is 21.9 Å². The Morgan fingerprint density at radius 1 is 1.37 bits per heavy atom. The standard InChI is InChI=1S/C15H18O3S/c1-11(2)14(15(16)17)6-4-5-12-7-9-13(10-8-12)19(3)18/h7-11,14H,6H2,1-3H3,(H,16,17). The quantitative estimate of drug-likeness (QED) is 0.680. The molecule has 0 saturated carbocycles. The molecule has 3 nitrogen and oxygen atoms in total. The molecule has 0 radical (unpaired) electrons. The third kappa shape index (κ3) is 4.98. The van der Waals surface area contributed by atoms with Gasteiger partial charge in [-0.05, 0) is 41.4 Å². The maximum atomic E-state index is 11.2. The largest absolute Gasteiger partial charge is 0.612 e. The molecule has 0 aliphatic rings. The number of carbonyl (C=O) groups is 1. The zero-order chi connectivity index (χ0) is 14.4. The van der Waals surface area contributed by atoms with Crippen molar-refractivity contribution in [1.82, 2.24) is 0 Å². The second-order valence-corrected chi connectivity index (χ2v) is 6.05. The second kappa shape index (κ2) is 7.22. The van der Waals surface area contributed by atoms with E-state index >= 15 is 0 Å². The lowest BCUT2D eigenvalue weighted by molar-refractivity contribution is -0.143. The van der Waals surface area contributed by atoms with Crippen molar-refractivity contribution in [1.29, 1.82) is 0 Å². The molecule has 2 unspecified atom stereocenters. The fourth-order valence-electron chi connectivity index (χ4n) is 1.60. The minimum atomic E-state index is -0.989. The van der Waals surface area contributed by atoms with Gasteiger partial charge in [0.2, 0.25) is 0 Å². The second-order valence-electron chi connectivity index (χ2n) is 4.67. The summed E-state index contributed by atoms with van der Waals surface area (Å²) in [6.07, 6.45) is 1.97. The Morgan fingerprint density at radius 3 is 2.37 bits per heavy atom. The van der Waals surface area contributed by atoms with Gasteiger partial charge in [0.05, 0.1) is 5.92 Å². The normalized spacial score (nSPS) is 13.5. The Kier molecular flexibility index (Phi) is 5.94. The molecule has 0 bridgehead atoms. The number of rotatable bonds is 4. The molecule has 0 saturated heterocycles. The van der Waals surface area contributed by atoms with E-state index in [9.17, 15) is 9.35 Å². The minimum absolute atomic E-state index is 0.0664. The number of aliphatic carboxylic acids is 1. The van der Waals surface area contributed by atoms with Gasteiger partial charge in [-0.3, -0.25) is 4.79 Å². The highest BCUT2D eigenvalue weighted by Crippen LogP contribution is 2.15. The Morgan fingerprint density at radius 2 is 1.95 bits per heavy atom. The predicted octanol–water partition coefficient (Wildman–Crippen LogP) is 2.52. The van der Waals surface area contributed by atoms with Crippen molar-refractivity contribution in [2.24, 2.45) is 11.8 Å². The van der Waals surface area contributed by atoms with Crippen molar-refractivity contribution in [2.45, 2.75) is 25.2 Å². The summed E-state index contributed by atoms with van der Waals surface area (Å²) < 4.78 is 11.2. The van der Waals surface area contributed by atoms with Gasteiger partial charge in [0.1, 0.15) is 6.26 Å². The van der Waals surface area contributed by atoms with Gasteiger partial charge in [-0.15, -0.1) is 0 Å². The summed E-state index contributed by atoms with van der Waals surface area (Å²) >= 11 is -0.989. The first-order chi connectivity index (χ1) is 8.91. The molecule has 0 fully saturated rings. The van der Waals surface area contributed by atoms with Crippen LogP contribution in [0, 0.1) is 23.7 Å². The fraction of sp³-hybridized carbons (Fsp3) is 0.400. The fourth-order valence-corrected chi connectivity index (χ4v) is 2.12. The van der Waals surface area contributed by atoms with Crippen LogP contribution in [0.4, 0.5) is 0 Å². The van der Waals surface area contributed by atoms with Crippen LogP contribution in [0.2, 0.25) is 0 Å². The number of benzene rings is 1. The monoisotopic (exact) mass is 278 g/mol. The molecule has 0 amide bonds. The lowest BCUT2D eigenvalue weighted by Gasteiger charge is -2.12. The lowest BCUT2D eigenvalue weighted by atomic mass is 9.93. The van der Waals surface area contributed by atoms with Crippen LogP contribution in [0.15, 0.2) is 29.2 Å². The zero-order valence-electron chi connectivity index (χ0n) is 11.3. The Bertz CT molecular complexity index is 480. The van der Waals surface area contributed by atoms with E-state index in [-0.39, 0.29) is 5.92 Å². The molecule has 19 heavy (non-hydrogen) atoms. The summed E-state index contributed by atoms with van der Waals surface area (Å²) in [6.45, 7) is 3.76. The number of hydrogen-bond acceptors (Lipinski definition) is 2. The smallest absolute Gasteiger partial charge is 0.307 e. The summed E-state index contributed by atoms with van der Waals surface area (Å²) in [5.41, 5.74) is 0.807. The van der Waals surface area contributed by atoms with E-state index < -0.39 is 23.1 Å². The maximum Gasteiger partial charge on any atom is 0.307 e. The highest BCUT2D eigenvalue weighted by Gasteiger charge is 2.19. The third-order valence-electron chi connectivity index (χ3n) is 2.86. The topological polar surface area (TPSA) is 60.4 Å². The van der Waals surface area contributed by atoms with Gasteiger partial charge in [0, 0.05) is 12.0 Å². The Labute approximate surface area is 117 Å². The minimum Gasteiger partial charge on any atom is -0.612 e. The van der Waals surface area contributed by atoms with Crippen molar-refractivity contribution < 1.29 is 14.5 Å². The average Bonchev–Trinajstić information content (AvgIpc) is 2.34. The van der Waals surface area contributed by atoms with E-state index in [4.69, 9.17) is 5.11 Å². The predicted molar refractivity (Wildman–Crippen MR) is 76.2 cm³/mol. The number of carboxylic acid groups (broad SMARTS) is 1. The first-order valence-electron chi connectivity index (χ1n) is 6.07. The molecule has 1 rings (SSSR count). The SMILES string of the molecule is CC(C)C(CC#Cc1ccc([S+](C)[O-])cc1)C(=O)O. The van der Waals surface area contributed by atoms with Crippen molar-refractivity contribution in [3.05, 3.63) is 29.8 Å². The van der Waals surface area contributed by atoms with Gasteiger partial charge >= 0.3 is 5.97 Å². The van der Waals surface area contributed by atoms with Gasteiger partial charge in [-0.2, -0.15) is 0 Å². The molecule has 0 aliphatic heterocycles. The van der Waals surface area contributed by atoms with Crippen LogP contribution in [-0.2, 0) is 16.0 Å². The molecule has 1 N–H and O–H groups in total. The third-order valence-corrected chi connectivity index (χ3v) is 3.80. The highest BCUT2D eigenvalue weighted by molar-refractivity contribution is 7.90. The molecule has 0 aromatic heterocycles. The highest BCUT2D eigenvalue weighted by atomic mass is 32.2. The van der Waals surface area contributed by atoms with Gasteiger partial charge in [0.25, 0.3) is 0 Å². The first-order valence-corrected chi connectivity index (χ1v) is 7.62. The molecule has 0 aliphatic carbocycles. The summed E-state index contributed by atoms with van der Waals surface area (Å²) in [5.74, 6) is 4.67. The van der Waals surface area contributed by atoms with E-state index in [2.05, 4.69) is 11.8 Å². The van der Waals surface area contributed by atoms with Crippen LogP contribution in [0.25, 0.3) is 0 Å². The molecular weight excluding hydrogens is 260 g/mol. The average molecular weight is 278 g/mol. The zero-order valence-corrected chi connectivity index (χ0v) is 12.2. The molecule has 0 heterocycles. The maximum absolute atomic E-state index is 11.2. The molecule has 1 aromatic carbocycles. The van der Waals surface area contributed by atoms with Gasteiger partial charge in [0.15, 0.2) is 4.90 Å². The van der Waals surface area contributed by atoms with Gasteiger partial charge in [-0.1, -0.05) is 25.7 Å². The number of carboxylic acids is 1. The first kappa shape index (κ1) is 15.6. The van der Waals surface area contributed by atoms with Crippen molar-refractivity contribution in [3.8, 4) is 11.8 Å². The van der Waals surface area contributed by atoms with E-state index in [1.54, 1.807) is 30.5 Å². The summed E-state index contributed by atoms with van der Waals surface area (Å²) in [5, 5.41) is 9.04. The van der Waals surface area contributed by atoms with Crippen LogP contribution in [0.5, 0.6) is 0 Å². The van der Waals surface area contributed by atoms with Crippen LogP contribution in [0.1, 0.15) is 25.8 Å².